The van der Waals surface area contributed by atoms with Crippen LogP contribution in [0.3, 0.4) is 0 Å². The van der Waals surface area contributed by atoms with Gasteiger partial charge in [-0.2, -0.15) is 16.4 Å². The maximum Gasteiger partial charge on any atom is 0.0748 e. The molecular formula is C11H16N4S. The first-order valence-electron chi connectivity index (χ1n) is 5.35. The standard InChI is InChI=1S/C11H16N4S/c1-2-4-15-7-10(6-13-15)11(14-12)9-3-5-16-8-9/h3,5-8,11,14H,2,4,12H2,1H3. The summed E-state index contributed by atoms with van der Waals surface area (Å²) in [5, 5.41) is 8.46. The fraction of sp³-hybridized carbons (Fsp3) is 0.364. The number of hydrazine groups is 1. The van der Waals surface area contributed by atoms with Crippen molar-refractivity contribution in [2.45, 2.75) is 25.9 Å². The van der Waals surface area contributed by atoms with Crippen LogP contribution < -0.4 is 11.3 Å². The summed E-state index contributed by atoms with van der Waals surface area (Å²) in [6.45, 7) is 3.08. The average molecular weight is 236 g/mol. The number of hydrogen-bond acceptors (Lipinski definition) is 4. The van der Waals surface area contributed by atoms with Crippen molar-refractivity contribution in [2.24, 2.45) is 5.84 Å². The van der Waals surface area contributed by atoms with Crippen LogP contribution in [0.25, 0.3) is 0 Å². The number of thiophene rings is 1. The number of nitrogens with one attached hydrogen (secondary N) is 1. The van der Waals surface area contributed by atoms with Crippen LogP contribution in [0.5, 0.6) is 0 Å². The van der Waals surface area contributed by atoms with Crippen LogP contribution in [0, 0.1) is 0 Å². The first-order valence-corrected chi connectivity index (χ1v) is 6.30. The second-order valence-electron chi connectivity index (χ2n) is 3.69. The van der Waals surface area contributed by atoms with Crippen molar-refractivity contribution in [3.8, 4) is 0 Å². The molecule has 0 amide bonds. The van der Waals surface area contributed by atoms with Gasteiger partial charge in [-0.3, -0.25) is 10.5 Å². The van der Waals surface area contributed by atoms with Gasteiger partial charge in [0.15, 0.2) is 0 Å². The zero-order valence-corrected chi connectivity index (χ0v) is 10.1. The predicted molar refractivity (Wildman–Crippen MR) is 66.0 cm³/mol. The van der Waals surface area contributed by atoms with Gasteiger partial charge in [0.1, 0.15) is 0 Å². The van der Waals surface area contributed by atoms with Gasteiger partial charge in [0, 0.05) is 18.3 Å². The molecule has 5 heteroatoms. The van der Waals surface area contributed by atoms with Crippen LogP contribution in [0.2, 0.25) is 0 Å². The lowest BCUT2D eigenvalue weighted by molar-refractivity contribution is 0.598. The number of aromatic nitrogens is 2. The Labute approximate surface area is 99.1 Å². The second-order valence-corrected chi connectivity index (χ2v) is 4.47. The van der Waals surface area contributed by atoms with Gasteiger partial charge in [0.05, 0.1) is 12.2 Å². The van der Waals surface area contributed by atoms with Crippen molar-refractivity contribution >= 4 is 11.3 Å². The molecule has 0 radical (unpaired) electrons. The molecule has 0 saturated heterocycles. The van der Waals surface area contributed by atoms with Crippen LogP contribution in [0.4, 0.5) is 0 Å². The molecule has 0 saturated carbocycles. The van der Waals surface area contributed by atoms with Gasteiger partial charge in [0.25, 0.3) is 0 Å². The van der Waals surface area contributed by atoms with E-state index in [1.807, 2.05) is 17.1 Å². The minimum absolute atomic E-state index is 0.0388. The van der Waals surface area contributed by atoms with E-state index in [2.05, 4.69) is 34.3 Å². The van der Waals surface area contributed by atoms with E-state index in [0.29, 0.717) is 0 Å². The lowest BCUT2D eigenvalue weighted by Crippen LogP contribution is -2.28. The number of nitrogens with two attached hydrogens (primary N) is 1. The van der Waals surface area contributed by atoms with Crippen molar-refractivity contribution in [3.63, 3.8) is 0 Å². The Balaban J connectivity index is 2.20. The van der Waals surface area contributed by atoms with Crippen LogP contribution in [0.1, 0.15) is 30.5 Å². The topological polar surface area (TPSA) is 55.9 Å². The van der Waals surface area contributed by atoms with Gasteiger partial charge in [-0.05, 0) is 28.8 Å². The zero-order chi connectivity index (χ0) is 11.4. The summed E-state index contributed by atoms with van der Waals surface area (Å²) in [5.74, 6) is 5.60. The van der Waals surface area contributed by atoms with E-state index in [1.165, 1.54) is 5.56 Å². The number of aryl methyl sites for hydroxylation is 1. The molecule has 2 aromatic heterocycles. The maximum absolute atomic E-state index is 5.60. The summed E-state index contributed by atoms with van der Waals surface area (Å²) in [6.07, 6.45) is 5.00. The molecule has 0 aliphatic carbocycles. The average Bonchev–Trinajstić information content (AvgIpc) is 2.92. The number of hydrogen-bond donors (Lipinski definition) is 2. The minimum atomic E-state index is 0.0388. The third-order valence-electron chi connectivity index (χ3n) is 2.48. The lowest BCUT2D eigenvalue weighted by atomic mass is 10.1. The SMILES string of the molecule is CCCn1cc(C(NN)c2ccsc2)cn1. The van der Waals surface area contributed by atoms with Gasteiger partial charge in [-0.25, -0.2) is 5.43 Å². The largest absolute Gasteiger partial charge is 0.272 e. The third kappa shape index (κ3) is 2.32. The smallest absolute Gasteiger partial charge is 0.0748 e. The summed E-state index contributed by atoms with van der Waals surface area (Å²) >= 11 is 1.67. The van der Waals surface area contributed by atoms with Crippen molar-refractivity contribution < 1.29 is 0 Å². The third-order valence-corrected chi connectivity index (χ3v) is 3.18. The van der Waals surface area contributed by atoms with E-state index >= 15 is 0 Å². The summed E-state index contributed by atoms with van der Waals surface area (Å²) in [4.78, 5) is 0. The molecule has 86 valence electrons. The van der Waals surface area contributed by atoms with E-state index in [-0.39, 0.29) is 6.04 Å². The monoisotopic (exact) mass is 236 g/mol. The Morgan fingerprint density at radius 3 is 3.06 bits per heavy atom. The number of nitrogens with zero attached hydrogens (tertiary/aromatic N) is 2. The van der Waals surface area contributed by atoms with Gasteiger partial charge in [-0.15, -0.1) is 0 Å². The minimum Gasteiger partial charge on any atom is -0.272 e. The first-order chi connectivity index (χ1) is 7.85. The van der Waals surface area contributed by atoms with Crippen LogP contribution >= 0.6 is 11.3 Å². The highest BCUT2D eigenvalue weighted by atomic mass is 32.1. The van der Waals surface area contributed by atoms with Gasteiger partial charge >= 0.3 is 0 Å². The molecule has 2 aromatic rings. The lowest BCUT2D eigenvalue weighted by Gasteiger charge is -2.11. The molecule has 0 aliphatic heterocycles. The van der Waals surface area contributed by atoms with Crippen molar-refractivity contribution in [1.82, 2.24) is 15.2 Å². The van der Waals surface area contributed by atoms with E-state index in [4.69, 9.17) is 5.84 Å². The van der Waals surface area contributed by atoms with Crippen LogP contribution in [-0.4, -0.2) is 9.78 Å². The van der Waals surface area contributed by atoms with Crippen LogP contribution in [-0.2, 0) is 6.54 Å². The molecular weight excluding hydrogens is 220 g/mol. The molecule has 1 atom stereocenters. The summed E-state index contributed by atoms with van der Waals surface area (Å²) < 4.78 is 1.95. The molecule has 2 heterocycles. The quantitative estimate of drug-likeness (QED) is 0.616. The Hall–Kier alpha value is -1.17. The van der Waals surface area contributed by atoms with E-state index in [0.717, 1.165) is 18.5 Å². The van der Waals surface area contributed by atoms with Gasteiger partial charge < -0.3 is 0 Å². The van der Waals surface area contributed by atoms with E-state index in [9.17, 15) is 0 Å². The van der Waals surface area contributed by atoms with Crippen molar-refractivity contribution in [2.75, 3.05) is 0 Å². The van der Waals surface area contributed by atoms with E-state index in [1.54, 1.807) is 11.3 Å². The Bertz CT molecular complexity index is 421. The molecule has 0 bridgehead atoms. The normalized spacial score (nSPS) is 12.9. The summed E-state index contributed by atoms with van der Waals surface area (Å²) in [5.41, 5.74) is 5.12. The molecule has 2 rings (SSSR count). The Kier molecular flexibility index (Phi) is 3.71. The van der Waals surface area contributed by atoms with Gasteiger partial charge in [-0.1, -0.05) is 6.92 Å². The molecule has 0 fully saturated rings. The molecule has 1 unspecified atom stereocenters. The molecule has 0 aromatic carbocycles. The fourth-order valence-corrected chi connectivity index (χ4v) is 2.39. The molecule has 4 nitrogen and oxygen atoms in total. The molecule has 3 N–H and O–H groups in total. The molecule has 0 aliphatic rings. The zero-order valence-electron chi connectivity index (χ0n) is 9.26. The van der Waals surface area contributed by atoms with Gasteiger partial charge in [0.2, 0.25) is 0 Å². The second kappa shape index (κ2) is 5.25. The number of rotatable bonds is 5. The Morgan fingerprint density at radius 1 is 1.56 bits per heavy atom. The summed E-state index contributed by atoms with van der Waals surface area (Å²) in [6, 6.07) is 2.11. The highest BCUT2D eigenvalue weighted by Crippen LogP contribution is 2.22. The first kappa shape index (κ1) is 11.3. The molecule has 16 heavy (non-hydrogen) atoms. The highest BCUT2D eigenvalue weighted by molar-refractivity contribution is 7.08. The maximum atomic E-state index is 5.60. The van der Waals surface area contributed by atoms with Crippen molar-refractivity contribution in [1.29, 1.82) is 0 Å². The summed E-state index contributed by atoms with van der Waals surface area (Å²) in [7, 11) is 0. The van der Waals surface area contributed by atoms with E-state index < -0.39 is 0 Å². The Morgan fingerprint density at radius 2 is 2.44 bits per heavy atom. The van der Waals surface area contributed by atoms with Crippen LogP contribution in [0.15, 0.2) is 29.2 Å². The van der Waals surface area contributed by atoms with Crippen molar-refractivity contribution in [3.05, 3.63) is 40.3 Å². The highest BCUT2D eigenvalue weighted by Gasteiger charge is 2.14. The molecule has 0 spiro atoms. The fourth-order valence-electron chi connectivity index (χ4n) is 1.70. The predicted octanol–water partition coefficient (Wildman–Crippen LogP) is 1.91.